The number of nitrogens with zero attached hydrogens (tertiary/aromatic N) is 1. The van der Waals surface area contributed by atoms with Crippen LogP contribution in [0.3, 0.4) is 0 Å². The van der Waals surface area contributed by atoms with Crippen molar-refractivity contribution in [3.63, 3.8) is 0 Å². The maximum Gasteiger partial charge on any atom is 0.337 e. The number of rotatable bonds is 3. The molecular weight excluding hydrogens is 230 g/mol. The fraction of sp³-hybridized carbons (Fsp3) is 0.143. The number of ether oxygens (including phenoxy) is 1. The summed E-state index contributed by atoms with van der Waals surface area (Å²) in [4.78, 5) is 22.8. The topological polar surface area (TPSA) is 48.3 Å². The van der Waals surface area contributed by atoms with E-state index < -0.39 is 0 Å². The van der Waals surface area contributed by atoms with Crippen LogP contribution < -0.4 is 5.56 Å². The van der Waals surface area contributed by atoms with Crippen molar-refractivity contribution >= 4 is 5.97 Å². The van der Waals surface area contributed by atoms with Gasteiger partial charge in [-0.15, -0.1) is 0 Å². The van der Waals surface area contributed by atoms with Gasteiger partial charge in [0, 0.05) is 12.3 Å². The molecule has 0 unspecified atom stereocenters. The largest absolute Gasteiger partial charge is 0.465 e. The highest BCUT2D eigenvalue weighted by Crippen LogP contribution is 2.06. The molecule has 0 aliphatic heterocycles. The number of aromatic nitrogens is 1. The normalized spacial score (nSPS) is 10.1. The van der Waals surface area contributed by atoms with Gasteiger partial charge < -0.3 is 9.30 Å². The average Bonchev–Trinajstić information content (AvgIpc) is 2.41. The second kappa shape index (κ2) is 5.31. The van der Waals surface area contributed by atoms with Gasteiger partial charge >= 0.3 is 5.97 Å². The lowest BCUT2D eigenvalue weighted by Crippen LogP contribution is -2.18. The predicted octanol–water partition coefficient (Wildman–Crippen LogP) is 1.68. The zero-order chi connectivity index (χ0) is 13.0. The summed E-state index contributed by atoms with van der Waals surface area (Å²) >= 11 is 0. The molecule has 0 aliphatic carbocycles. The van der Waals surface area contributed by atoms with E-state index in [0.717, 1.165) is 5.56 Å². The van der Waals surface area contributed by atoms with Crippen molar-refractivity contribution in [3.05, 3.63) is 70.1 Å². The van der Waals surface area contributed by atoms with Crippen LogP contribution in [0, 0.1) is 0 Å². The first-order valence-electron chi connectivity index (χ1n) is 5.53. The summed E-state index contributed by atoms with van der Waals surface area (Å²) in [5.74, 6) is -0.363. The van der Waals surface area contributed by atoms with Gasteiger partial charge in [-0.1, -0.05) is 18.2 Å². The number of hydrogen-bond donors (Lipinski definition) is 0. The predicted molar refractivity (Wildman–Crippen MR) is 67.6 cm³/mol. The van der Waals surface area contributed by atoms with Gasteiger partial charge in [-0.2, -0.15) is 0 Å². The third-order valence-corrected chi connectivity index (χ3v) is 2.63. The zero-order valence-corrected chi connectivity index (χ0v) is 10.00. The Balaban J connectivity index is 2.19. The van der Waals surface area contributed by atoms with Crippen molar-refractivity contribution in [1.82, 2.24) is 4.57 Å². The monoisotopic (exact) mass is 243 g/mol. The molecule has 0 bridgehead atoms. The summed E-state index contributed by atoms with van der Waals surface area (Å²) in [6.45, 7) is 0.487. The van der Waals surface area contributed by atoms with E-state index in [1.54, 1.807) is 29.0 Å². The molecule has 0 saturated carbocycles. The summed E-state index contributed by atoms with van der Waals surface area (Å²) in [7, 11) is 1.35. The molecule has 0 saturated heterocycles. The molecule has 92 valence electrons. The maximum absolute atomic E-state index is 11.5. The molecule has 2 rings (SSSR count). The van der Waals surface area contributed by atoms with Gasteiger partial charge in [0.25, 0.3) is 5.56 Å². The lowest BCUT2D eigenvalue weighted by atomic mass is 10.1. The lowest BCUT2D eigenvalue weighted by molar-refractivity contribution is 0.0600. The van der Waals surface area contributed by atoms with Crippen LogP contribution in [0.4, 0.5) is 0 Å². The first-order chi connectivity index (χ1) is 8.70. The number of pyridine rings is 1. The number of carbonyl (C=O) groups excluding carboxylic acids is 1. The van der Waals surface area contributed by atoms with Crippen molar-refractivity contribution in [2.24, 2.45) is 0 Å². The molecule has 0 aliphatic rings. The first-order valence-corrected chi connectivity index (χ1v) is 5.53. The van der Waals surface area contributed by atoms with E-state index in [1.807, 2.05) is 18.2 Å². The standard InChI is InChI=1S/C14H13NO3/c1-18-14(17)12-7-5-11(6-8-12)10-15-9-3-2-4-13(15)16/h2-9H,10H2,1H3. The highest BCUT2D eigenvalue weighted by molar-refractivity contribution is 5.89. The van der Waals surface area contributed by atoms with Crippen LogP contribution in [0.1, 0.15) is 15.9 Å². The van der Waals surface area contributed by atoms with E-state index >= 15 is 0 Å². The Morgan fingerprint density at radius 3 is 2.50 bits per heavy atom. The molecule has 0 N–H and O–H groups in total. The Hall–Kier alpha value is -2.36. The minimum atomic E-state index is -0.363. The number of benzene rings is 1. The van der Waals surface area contributed by atoms with Crippen molar-refractivity contribution in [3.8, 4) is 0 Å². The van der Waals surface area contributed by atoms with Crippen molar-refractivity contribution in [1.29, 1.82) is 0 Å². The van der Waals surface area contributed by atoms with E-state index in [4.69, 9.17) is 0 Å². The molecule has 0 spiro atoms. The van der Waals surface area contributed by atoms with Crippen LogP contribution in [0.2, 0.25) is 0 Å². The summed E-state index contributed by atoms with van der Waals surface area (Å²) < 4.78 is 6.22. The number of hydrogen-bond acceptors (Lipinski definition) is 3. The Morgan fingerprint density at radius 2 is 1.89 bits per heavy atom. The molecule has 1 aromatic carbocycles. The van der Waals surface area contributed by atoms with Crippen LogP contribution in [-0.2, 0) is 11.3 Å². The lowest BCUT2D eigenvalue weighted by Gasteiger charge is -2.05. The summed E-state index contributed by atoms with van der Waals surface area (Å²) in [6, 6.07) is 12.0. The molecule has 1 aromatic heterocycles. The second-order valence-corrected chi connectivity index (χ2v) is 3.86. The summed E-state index contributed by atoms with van der Waals surface area (Å²) in [5, 5.41) is 0. The van der Waals surface area contributed by atoms with Gasteiger partial charge in [0.2, 0.25) is 0 Å². The van der Waals surface area contributed by atoms with Crippen molar-refractivity contribution < 1.29 is 9.53 Å². The van der Waals surface area contributed by atoms with E-state index in [-0.39, 0.29) is 11.5 Å². The second-order valence-electron chi connectivity index (χ2n) is 3.86. The molecule has 2 aromatic rings. The van der Waals surface area contributed by atoms with Gasteiger partial charge in [-0.3, -0.25) is 4.79 Å². The van der Waals surface area contributed by atoms with E-state index in [2.05, 4.69) is 4.74 Å². The van der Waals surface area contributed by atoms with E-state index in [1.165, 1.54) is 13.2 Å². The maximum atomic E-state index is 11.5. The van der Waals surface area contributed by atoms with Crippen LogP contribution in [-0.4, -0.2) is 17.6 Å². The van der Waals surface area contributed by atoms with Gasteiger partial charge in [0.15, 0.2) is 0 Å². The Bertz CT molecular complexity index is 599. The van der Waals surface area contributed by atoms with Crippen molar-refractivity contribution in [2.45, 2.75) is 6.54 Å². The molecule has 4 nitrogen and oxygen atoms in total. The van der Waals surface area contributed by atoms with Gasteiger partial charge in [0.1, 0.15) is 0 Å². The smallest absolute Gasteiger partial charge is 0.337 e. The Labute approximate surface area is 104 Å². The highest BCUT2D eigenvalue weighted by atomic mass is 16.5. The van der Waals surface area contributed by atoms with Gasteiger partial charge in [0.05, 0.1) is 19.2 Å². The minimum Gasteiger partial charge on any atom is -0.465 e. The third kappa shape index (κ3) is 2.66. The fourth-order valence-electron chi connectivity index (χ4n) is 1.65. The summed E-state index contributed by atoms with van der Waals surface area (Å²) in [5.41, 5.74) is 1.41. The number of carbonyl (C=O) groups is 1. The molecule has 4 heteroatoms. The highest BCUT2D eigenvalue weighted by Gasteiger charge is 2.04. The van der Waals surface area contributed by atoms with E-state index in [0.29, 0.717) is 12.1 Å². The van der Waals surface area contributed by atoms with Gasteiger partial charge in [-0.05, 0) is 23.8 Å². The minimum absolute atomic E-state index is 0.0467. The Kier molecular flexibility index (Phi) is 3.57. The fourth-order valence-corrected chi connectivity index (χ4v) is 1.65. The van der Waals surface area contributed by atoms with Crippen LogP contribution in [0.5, 0.6) is 0 Å². The number of esters is 1. The number of methoxy groups -OCH3 is 1. The average molecular weight is 243 g/mol. The quantitative estimate of drug-likeness (QED) is 0.771. The van der Waals surface area contributed by atoms with Crippen molar-refractivity contribution in [2.75, 3.05) is 7.11 Å². The molecular formula is C14H13NO3. The van der Waals surface area contributed by atoms with Crippen LogP contribution >= 0.6 is 0 Å². The van der Waals surface area contributed by atoms with Crippen LogP contribution in [0.25, 0.3) is 0 Å². The van der Waals surface area contributed by atoms with Gasteiger partial charge in [-0.25, -0.2) is 4.79 Å². The molecule has 0 amide bonds. The Morgan fingerprint density at radius 1 is 1.17 bits per heavy atom. The summed E-state index contributed by atoms with van der Waals surface area (Å²) in [6.07, 6.45) is 1.73. The molecule has 0 fully saturated rings. The first kappa shape index (κ1) is 12.1. The molecule has 0 radical (unpaired) electrons. The van der Waals surface area contributed by atoms with E-state index in [9.17, 15) is 9.59 Å². The van der Waals surface area contributed by atoms with Crippen LogP contribution in [0.15, 0.2) is 53.5 Å². The molecule has 18 heavy (non-hydrogen) atoms. The molecule has 0 atom stereocenters. The SMILES string of the molecule is COC(=O)c1ccc(Cn2ccccc2=O)cc1. The zero-order valence-electron chi connectivity index (χ0n) is 10.00. The third-order valence-electron chi connectivity index (χ3n) is 2.63. The molecule has 1 heterocycles.